The van der Waals surface area contributed by atoms with Gasteiger partial charge in [-0.2, -0.15) is 0 Å². The summed E-state index contributed by atoms with van der Waals surface area (Å²) < 4.78 is 0. The molecule has 1 nitrogen and oxygen atoms in total. The van der Waals surface area contributed by atoms with Crippen molar-refractivity contribution in [3.8, 4) is 22.3 Å². The van der Waals surface area contributed by atoms with Crippen LogP contribution in [0.15, 0.2) is 103 Å². The predicted molar refractivity (Wildman–Crippen MR) is 238 cm³/mol. The molecule has 2 spiro atoms. The Morgan fingerprint density at radius 1 is 0.474 bits per heavy atom. The minimum Gasteiger partial charge on any atom is -0.309 e. The van der Waals surface area contributed by atoms with Gasteiger partial charge in [0.25, 0.3) is 0 Å². The third kappa shape index (κ3) is 4.13. The van der Waals surface area contributed by atoms with Gasteiger partial charge in [-0.05, 0) is 159 Å². The minimum atomic E-state index is 0.0255. The summed E-state index contributed by atoms with van der Waals surface area (Å²) in [6.07, 6.45) is 10.6. The van der Waals surface area contributed by atoms with Crippen molar-refractivity contribution in [2.75, 3.05) is 4.90 Å². The van der Waals surface area contributed by atoms with Crippen LogP contribution in [-0.4, -0.2) is 0 Å². The van der Waals surface area contributed by atoms with Gasteiger partial charge in [0.1, 0.15) is 0 Å². The molecule has 0 saturated heterocycles. The number of anilines is 3. The van der Waals surface area contributed by atoms with Crippen LogP contribution in [0.2, 0.25) is 0 Å². The van der Waals surface area contributed by atoms with Crippen molar-refractivity contribution in [3.05, 3.63) is 137 Å². The van der Waals surface area contributed by atoms with Gasteiger partial charge in [0.2, 0.25) is 0 Å². The molecule has 4 fully saturated rings. The van der Waals surface area contributed by atoms with Crippen molar-refractivity contribution in [2.45, 2.75) is 134 Å². The van der Waals surface area contributed by atoms with E-state index in [4.69, 9.17) is 0 Å². The van der Waals surface area contributed by atoms with Gasteiger partial charge in [-0.1, -0.05) is 146 Å². The van der Waals surface area contributed by atoms with Crippen molar-refractivity contribution in [3.63, 3.8) is 0 Å². The molecule has 57 heavy (non-hydrogen) atoms. The molecule has 0 aliphatic heterocycles. The highest BCUT2D eigenvalue weighted by Crippen LogP contribution is 2.90. The maximum atomic E-state index is 2.87. The fourth-order valence-electron chi connectivity index (χ4n) is 15.6. The first-order valence-electron chi connectivity index (χ1n) is 22.6. The van der Waals surface area contributed by atoms with Crippen molar-refractivity contribution < 1.29 is 0 Å². The number of hydrogen-bond donors (Lipinski definition) is 0. The first kappa shape index (κ1) is 34.9. The number of benzene rings is 5. The third-order valence-corrected chi connectivity index (χ3v) is 18.2. The molecule has 6 unspecified atom stereocenters. The average Bonchev–Trinajstić information content (AvgIpc) is 3.83. The van der Waals surface area contributed by atoms with E-state index >= 15 is 0 Å². The normalized spacial score (nSPS) is 31.6. The zero-order chi connectivity index (χ0) is 39.1. The molecular weight excluding hydrogens is 687 g/mol. The summed E-state index contributed by atoms with van der Waals surface area (Å²) in [5, 5.41) is 0. The summed E-state index contributed by atoms with van der Waals surface area (Å²) in [5.74, 6) is 3.44. The van der Waals surface area contributed by atoms with Gasteiger partial charge in [-0.3, -0.25) is 0 Å². The Labute approximate surface area is 342 Å². The van der Waals surface area contributed by atoms with Gasteiger partial charge in [-0.15, -0.1) is 0 Å². The molecule has 0 N–H and O–H groups in total. The molecule has 0 heterocycles. The highest BCUT2D eigenvalue weighted by Gasteiger charge is 2.84. The molecule has 0 radical (unpaired) electrons. The Morgan fingerprint density at radius 2 is 1.04 bits per heavy atom. The lowest BCUT2D eigenvalue weighted by Crippen LogP contribution is -2.73. The van der Waals surface area contributed by atoms with Crippen LogP contribution in [0.25, 0.3) is 22.3 Å². The van der Waals surface area contributed by atoms with Crippen LogP contribution < -0.4 is 4.90 Å². The topological polar surface area (TPSA) is 3.24 Å². The van der Waals surface area contributed by atoms with E-state index < -0.39 is 0 Å². The second-order valence-electron chi connectivity index (χ2n) is 22.6. The Morgan fingerprint density at radius 3 is 1.67 bits per heavy atom. The van der Waals surface area contributed by atoms with Crippen LogP contribution in [0.3, 0.4) is 0 Å². The minimum absolute atomic E-state index is 0.0255. The van der Waals surface area contributed by atoms with Gasteiger partial charge < -0.3 is 4.90 Å². The SMILES string of the molecule is CC1(C)CCC(C)(C)c2c(N(c3cccc4c3C(C)(C)CCC4(C)C)c3c(-c4ccccc4)ccc4c3-c3ccccc3C43C4CC5CC6CC3C64C5)cccc21. The van der Waals surface area contributed by atoms with Gasteiger partial charge in [-0.25, -0.2) is 0 Å². The van der Waals surface area contributed by atoms with Gasteiger partial charge in [0.05, 0.1) is 17.1 Å². The fraction of sp³-hybridized carbons (Fsp3) is 0.464. The van der Waals surface area contributed by atoms with Gasteiger partial charge in [0, 0.05) is 16.5 Å². The van der Waals surface area contributed by atoms with Crippen molar-refractivity contribution >= 4 is 17.1 Å². The van der Waals surface area contributed by atoms with E-state index in [1.807, 2.05) is 0 Å². The zero-order valence-electron chi connectivity index (χ0n) is 35.7. The molecule has 5 aromatic rings. The highest BCUT2D eigenvalue weighted by atomic mass is 15.2. The Kier molecular flexibility index (Phi) is 6.69. The predicted octanol–water partition coefficient (Wildman–Crippen LogP) is 14.9. The molecule has 7 aliphatic rings. The van der Waals surface area contributed by atoms with E-state index in [-0.39, 0.29) is 27.1 Å². The number of hydrogen-bond acceptors (Lipinski definition) is 1. The molecule has 6 atom stereocenters. The molecule has 290 valence electrons. The van der Waals surface area contributed by atoms with Crippen molar-refractivity contribution in [2.24, 2.45) is 29.1 Å². The average molecular weight is 748 g/mol. The Hall–Kier alpha value is -4.10. The van der Waals surface area contributed by atoms with Crippen LogP contribution in [0.5, 0.6) is 0 Å². The summed E-state index contributed by atoms with van der Waals surface area (Å²) in [6.45, 7) is 20.1. The lowest BCUT2D eigenvalue weighted by molar-refractivity contribution is -0.231. The molecule has 4 saturated carbocycles. The molecular formula is C56H61N. The molecule has 5 aromatic carbocycles. The second-order valence-corrected chi connectivity index (χ2v) is 22.6. The van der Waals surface area contributed by atoms with E-state index in [1.165, 1.54) is 102 Å². The number of fused-ring (bicyclic) bond motifs is 10. The summed E-state index contributed by atoms with van der Waals surface area (Å²) in [4.78, 5) is 2.87. The quantitative estimate of drug-likeness (QED) is 0.177. The number of rotatable bonds is 4. The Bertz CT molecular complexity index is 2450. The van der Waals surface area contributed by atoms with Crippen molar-refractivity contribution in [1.82, 2.24) is 0 Å². The lowest BCUT2D eigenvalue weighted by atomic mass is 9.27. The second kappa shape index (κ2) is 10.9. The largest absolute Gasteiger partial charge is 0.309 e. The van der Waals surface area contributed by atoms with E-state index in [0.29, 0.717) is 5.41 Å². The van der Waals surface area contributed by atoms with Gasteiger partial charge in [0.15, 0.2) is 0 Å². The highest BCUT2D eigenvalue weighted by molar-refractivity contribution is 6.04. The Balaban J connectivity index is 1.24. The maximum Gasteiger partial charge on any atom is 0.0621 e. The van der Waals surface area contributed by atoms with Gasteiger partial charge >= 0.3 is 0 Å². The van der Waals surface area contributed by atoms with E-state index in [9.17, 15) is 0 Å². The first-order chi connectivity index (χ1) is 27.2. The lowest BCUT2D eigenvalue weighted by Gasteiger charge is -2.76. The molecule has 12 rings (SSSR count). The van der Waals surface area contributed by atoms with Crippen LogP contribution >= 0.6 is 0 Å². The molecule has 2 bridgehead atoms. The third-order valence-electron chi connectivity index (χ3n) is 18.2. The van der Waals surface area contributed by atoms with E-state index in [2.05, 4.69) is 163 Å². The van der Waals surface area contributed by atoms with Crippen LogP contribution in [0.1, 0.15) is 140 Å². The molecule has 7 aliphatic carbocycles. The number of nitrogens with zero attached hydrogens (tertiary/aromatic N) is 1. The van der Waals surface area contributed by atoms with Crippen molar-refractivity contribution in [1.29, 1.82) is 0 Å². The standard InChI is InChI=1S/C56H61N/c1-51(2)26-28-53(5,6)48-41(51)20-14-22-43(48)57(44-23-15-21-42-49(44)54(7,8)29-27-52(42,3)4)50-37(35-16-10-9-11-17-35)24-25-40-47(50)38-18-12-13-19-39(38)56(40)45-31-34-30-36-32-46(56)55(36,45)33-34/h9-25,34,36,45-46H,26-33H2,1-8H3. The summed E-state index contributed by atoms with van der Waals surface area (Å²) >= 11 is 0. The van der Waals surface area contributed by atoms with Crippen LogP contribution in [0.4, 0.5) is 17.1 Å². The zero-order valence-corrected chi connectivity index (χ0v) is 35.7. The molecule has 1 heteroatoms. The summed E-state index contributed by atoms with van der Waals surface area (Å²) in [5.41, 5.74) is 20.3. The van der Waals surface area contributed by atoms with E-state index in [0.717, 1.165) is 23.7 Å². The summed E-state index contributed by atoms with van der Waals surface area (Å²) in [7, 11) is 0. The smallest absolute Gasteiger partial charge is 0.0621 e. The van der Waals surface area contributed by atoms with E-state index in [1.54, 1.807) is 22.3 Å². The fourth-order valence-corrected chi connectivity index (χ4v) is 15.6. The molecule has 0 aromatic heterocycles. The maximum absolute atomic E-state index is 2.87. The monoisotopic (exact) mass is 747 g/mol. The first-order valence-corrected chi connectivity index (χ1v) is 22.6. The van der Waals surface area contributed by atoms with Crippen LogP contribution in [0, 0.1) is 29.1 Å². The summed E-state index contributed by atoms with van der Waals surface area (Å²) in [6, 6.07) is 41.2. The molecule has 0 amide bonds. The van der Waals surface area contributed by atoms with Crippen LogP contribution in [-0.2, 0) is 27.1 Å².